The van der Waals surface area contributed by atoms with Gasteiger partial charge < -0.3 is 0 Å². The highest BCUT2D eigenvalue weighted by Gasteiger charge is 2.56. The van der Waals surface area contributed by atoms with E-state index >= 15 is 0 Å². The molecule has 0 N–H and O–H groups in total. The molecule has 1 aromatic heterocycles. The van der Waals surface area contributed by atoms with Gasteiger partial charge in [0, 0.05) is 6.20 Å². The van der Waals surface area contributed by atoms with Crippen LogP contribution in [0, 0.1) is 51.7 Å². The lowest BCUT2D eigenvalue weighted by Gasteiger charge is -2.58. The van der Waals surface area contributed by atoms with E-state index in [-0.39, 0.29) is 16.6 Å². The number of rotatable bonds is 4. The quantitative estimate of drug-likeness (QED) is 0.769. The third-order valence-electron chi connectivity index (χ3n) is 6.20. The third kappa shape index (κ3) is 2.64. The topological polar surface area (TPSA) is 60.5 Å². The fourth-order valence-electron chi connectivity index (χ4n) is 5.80. The number of thioether (sulfide) groups is 1. The second-order valence-corrected chi connectivity index (χ2v) is 8.88. The van der Waals surface area contributed by atoms with Gasteiger partial charge in [0.15, 0.2) is 0 Å². The summed E-state index contributed by atoms with van der Waals surface area (Å²) >= 11 is 1.48. The molecule has 23 heavy (non-hydrogen) atoms. The van der Waals surface area contributed by atoms with Gasteiger partial charge in [-0.1, -0.05) is 17.8 Å². The summed E-state index contributed by atoms with van der Waals surface area (Å²) in [6, 6.07) is 10.7. The van der Waals surface area contributed by atoms with E-state index in [9.17, 15) is 10.5 Å². The first kappa shape index (κ1) is 15.0. The summed E-state index contributed by atoms with van der Waals surface area (Å²) in [5.41, 5.74) is 0.0890. The lowest BCUT2D eigenvalue weighted by Crippen LogP contribution is -2.51. The van der Waals surface area contributed by atoms with Crippen LogP contribution in [0.5, 0.6) is 0 Å². The van der Waals surface area contributed by atoms with E-state index in [1.54, 1.807) is 6.20 Å². The maximum Gasteiger partial charge on any atom is 0.114 e. The van der Waals surface area contributed by atoms with Gasteiger partial charge in [-0.15, -0.1) is 0 Å². The number of nitriles is 2. The molecule has 2 unspecified atom stereocenters. The van der Waals surface area contributed by atoms with Gasteiger partial charge in [0.2, 0.25) is 0 Å². The highest BCUT2D eigenvalue weighted by atomic mass is 32.2. The summed E-state index contributed by atoms with van der Waals surface area (Å²) in [4.78, 5) is 4.33. The predicted molar refractivity (Wildman–Crippen MR) is 89.2 cm³/mol. The molecule has 3 nitrogen and oxygen atoms in total. The van der Waals surface area contributed by atoms with Crippen molar-refractivity contribution in [3.63, 3.8) is 0 Å². The SMILES string of the molecule is N#CC(Sc1ccccn1)C(C#N)C12CC3CC(CC(C3)C1)C2. The molecule has 1 aromatic rings. The lowest BCUT2D eigenvalue weighted by molar-refractivity contribution is -0.0727. The summed E-state index contributed by atoms with van der Waals surface area (Å²) < 4.78 is 0. The van der Waals surface area contributed by atoms with Gasteiger partial charge in [0.1, 0.15) is 5.25 Å². The fourth-order valence-corrected chi connectivity index (χ4v) is 6.88. The molecule has 0 aromatic carbocycles. The van der Waals surface area contributed by atoms with Crippen LogP contribution in [-0.4, -0.2) is 10.2 Å². The predicted octanol–water partition coefficient (Wildman–Crippen LogP) is 4.42. The van der Waals surface area contributed by atoms with Gasteiger partial charge in [0.25, 0.3) is 0 Å². The van der Waals surface area contributed by atoms with Crippen LogP contribution < -0.4 is 0 Å². The fraction of sp³-hybridized carbons (Fsp3) is 0.632. The standard InChI is InChI=1S/C19H21N3S/c20-11-16(17(12-21)23-18-3-1-2-4-22-18)19-8-13-5-14(9-19)7-15(6-13)10-19/h1-4,13-17H,5-10H2. The van der Waals surface area contributed by atoms with Crippen molar-refractivity contribution in [1.82, 2.24) is 4.98 Å². The molecule has 4 aliphatic carbocycles. The van der Waals surface area contributed by atoms with Crippen LogP contribution in [0.1, 0.15) is 38.5 Å². The smallest absolute Gasteiger partial charge is 0.114 e. The Labute approximate surface area is 142 Å². The second kappa shape index (κ2) is 5.84. The van der Waals surface area contributed by atoms with Crippen LogP contribution in [0.25, 0.3) is 0 Å². The van der Waals surface area contributed by atoms with Crippen LogP contribution in [0.2, 0.25) is 0 Å². The first-order valence-electron chi connectivity index (χ1n) is 8.59. The Balaban J connectivity index is 1.60. The Morgan fingerprint density at radius 3 is 2.17 bits per heavy atom. The monoisotopic (exact) mass is 323 g/mol. The van der Waals surface area contributed by atoms with Crippen molar-refractivity contribution in [3.05, 3.63) is 24.4 Å². The van der Waals surface area contributed by atoms with Crippen LogP contribution >= 0.6 is 11.8 Å². The number of nitrogens with zero attached hydrogens (tertiary/aromatic N) is 3. The van der Waals surface area contributed by atoms with Gasteiger partial charge in [-0.05, 0) is 73.8 Å². The molecule has 118 valence electrons. The van der Waals surface area contributed by atoms with E-state index in [1.165, 1.54) is 50.3 Å². The number of hydrogen-bond acceptors (Lipinski definition) is 4. The number of aromatic nitrogens is 1. The summed E-state index contributed by atoms with van der Waals surface area (Å²) in [5, 5.41) is 20.2. The molecule has 4 saturated carbocycles. The molecule has 0 aliphatic heterocycles. The Kier molecular flexibility index (Phi) is 3.82. The highest BCUT2D eigenvalue weighted by Crippen LogP contribution is 2.63. The van der Waals surface area contributed by atoms with Crippen molar-refractivity contribution in [2.45, 2.75) is 48.8 Å². The van der Waals surface area contributed by atoms with Gasteiger partial charge in [0.05, 0.1) is 23.1 Å². The first-order valence-corrected chi connectivity index (χ1v) is 9.47. The van der Waals surface area contributed by atoms with Crippen molar-refractivity contribution >= 4 is 11.8 Å². The third-order valence-corrected chi connectivity index (χ3v) is 7.31. The largest absolute Gasteiger partial charge is 0.250 e. The Morgan fingerprint density at radius 1 is 1.04 bits per heavy atom. The maximum atomic E-state index is 9.93. The molecule has 0 amide bonds. The van der Waals surface area contributed by atoms with Crippen molar-refractivity contribution < 1.29 is 0 Å². The van der Waals surface area contributed by atoms with Gasteiger partial charge >= 0.3 is 0 Å². The van der Waals surface area contributed by atoms with Gasteiger partial charge in [-0.2, -0.15) is 10.5 Å². The van der Waals surface area contributed by atoms with Crippen LogP contribution in [0.3, 0.4) is 0 Å². The Bertz CT molecular complexity index is 622. The maximum absolute atomic E-state index is 9.93. The summed E-state index contributed by atoms with van der Waals surface area (Å²) in [7, 11) is 0. The lowest BCUT2D eigenvalue weighted by atomic mass is 9.46. The van der Waals surface area contributed by atoms with E-state index in [1.807, 2.05) is 18.2 Å². The molecule has 4 heteroatoms. The second-order valence-electron chi connectivity index (χ2n) is 7.72. The summed E-state index contributed by atoms with van der Waals surface area (Å²) in [6.45, 7) is 0. The minimum Gasteiger partial charge on any atom is -0.250 e. The van der Waals surface area contributed by atoms with E-state index in [2.05, 4.69) is 17.1 Å². The zero-order valence-electron chi connectivity index (χ0n) is 13.2. The van der Waals surface area contributed by atoms with E-state index in [4.69, 9.17) is 0 Å². The molecule has 0 spiro atoms. The van der Waals surface area contributed by atoms with Crippen molar-refractivity contribution in [3.8, 4) is 12.1 Å². The molecule has 4 bridgehead atoms. The zero-order valence-corrected chi connectivity index (χ0v) is 14.0. The zero-order chi connectivity index (χ0) is 15.9. The molecule has 4 aliphatic rings. The van der Waals surface area contributed by atoms with Crippen molar-refractivity contribution in [1.29, 1.82) is 10.5 Å². The Hall–Kier alpha value is -1.52. The van der Waals surface area contributed by atoms with Crippen molar-refractivity contribution in [2.24, 2.45) is 29.1 Å². The first-order chi connectivity index (χ1) is 11.2. The van der Waals surface area contributed by atoms with E-state index < -0.39 is 0 Å². The van der Waals surface area contributed by atoms with Crippen molar-refractivity contribution in [2.75, 3.05) is 0 Å². The van der Waals surface area contributed by atoms with E-state index in [0.717, 1.165) is 22.8 Å². The Morgan fingerprint density at radius 2 is 1.70 bits per heavy atom. The minimum atomic E-state index is -0.314. The van der Waals surface area contributed by atoms with E-state index in [0.29, 0.717) is 0 Å². The molecule has 0 saturated heterocycles. The van der Waals surface area contributed by atoms with Gasteiger partial charge in [-0.3, -0.25) is 0 Å². The van der Waals surface area contributed by atoms with Crippen LogP contribution in [-0.2, 0) is 0 Å². The summed E-state index contributed by atoms with van der Waals surface area (Å²) in [6.07, 6.45) is 9.34. The molecule has 0 radical (unpaired) electrons. The minimum absolute atomic E-state index is 0.0890. The van der Waals surface area contributed by atoms with Crippen LogP contribution in [0.4, 0.5) is 0 Å². The van der Waals surface area contributed by atoms with Crippen LogP contribution in [0.15, 0.2) is 29.4 Å². The molecule has 2 atom stereocenters. The van der Waals surface area contributed by atoms with Gasteiger partial charge in [-0.25, -0.2) is 4.98 Å². The molecular weight excluding hydrogens is 302 g/mol. The highest BCUT2D eigenvalue weighted by molar-refractivity contribution is 8.00. The summed E-state index contributed by atoms with van der Waals surface area (Å²) in [5.74, 6) is 2.23. The average Bonchev–Trinajstić information content (AvgIpc) is 2.54. The normalized spacial score (nSPS) is 36.9. The molecular formula is C19H21N3S. The molecule has 5 rings (SSSR count). The molecule has 1 heterocycles. The molecule has 4 fully saturated rings. The average molecular weight is 323 g/mol. The number of hydrogen-bond donors (Lipinski definition) is 0. The number of pyridine rings is 1.